The fourth-order valence-electron chi connectivity index (χ4n) is 1.94. The summed E-state index contributed by atoms with van der Waals surface area (Å²) in [5, 5.41) is 5.32. The Morgan fingerprint density at radius 1 is 0.952 bits per heavy atom. The Hall–Kier alpha value is -2.10. The molecule has 0 saturated heterocycles. The third-order valence-electron chi connectivity index (χ3n) is 3.02. The van der Waals surface area contributed by atoms with Crippen LogP contribution in [0.1, 0.15) is 5.56 Å². The van der Waals surface area contributed by atoms with Crippen molar-refractivity contribution in [2.24, 2.45) is 0 Å². The van der Waals surface area contributed by atoms with E-state index in [4.69, 9.17) is 23.2 Å². The van der Waals surface area contributed by atoms with Crippen molar-refractivity contribution in [2.75, 3.05) is 0 Å². The lowest BCUT2D eigenvalue weighted by atomic mass is 10.0. The van der Waals surface area contributed by atoms with Gasteiger partial charge in [0.05, 0.1) is 5.03 Å². The topological polar surface area (TPSA) is 30.7 Å². The summed E-state index contributed by atoms with van der Waals surface area (Å²) in [5.41, 5.74) is 3.15. The van der Waals surface area contributed by atoms with Crippen LogP contribution in [0.3, 0.4) is 0 Å². The largest absolute Gasteiger partial charge is 0.227 e. The van der Waals surface area contributed by atoms with E-state index in [1.807, 2.05) is 48.5 Å². The molecule has 0 aliphatic heterocycles. The fraction of sp³-hybridized carbons (Fsp3) is 0. The fourth-order valence-corrected chi connectivity index (χ4v) is 2.29. The van der Waals surface area contributed by atoms with Gasteiger partial charge in [0.1, 0.15) is 12.7 Å². The van der Waals surface area contributed by atoms with Crippen molar-refractivity contribution in [1.29, 1.82) is 0 Å². The van der Waals surface area contributed by atoms with Gasteiger partial charge in [0.25, 0.3) is 0 Å². The maximum Gasteiger partial charge on any atom is 0.138 e. The van der Waals surface area contributed by atoms with Crippen LogP contribution in [0.5, 0.6) is 0 Å². The molecule has 0 aliphatic carbocycles. The van der Waals surface area contributed by atoms with Crippen LogP contribution in [0.15, 0.2) is 61.2 Å². The van der Waals surface area contributed by atoms with E-state index in [1.54, 1.807) is 17.2 Å². The SMILES string of the molecule is Cl/C(=C\n1cncn1)c1ccc(-c2ccc(Cl)cc2)cc1. The van der Waals surface area contributed by atoms with Gasteiger partial charge in [0.2, 0.25) is 0 Å². The van der Waals surface area contributed by atoms with Crippen LogP contribution < -0.4 is 0 Å². The molecule has 0 amide bonds. The summed E-state index contributed by atoms with van der Waals surface area (Å²) >= 11 is 12.2. The third kappa shape index (κ3) is 3.32. The Morgan fingerprint density at radius 2 is 1.57 bits per heavy atom. The normalized spacial score (nSPS) is 11.6. The first-order valence-corrected chi connectivity index (χ1v) is 7.06. The molecule has 5 heteroatoms. The second kappa shape index (κ2) is 6.12. The second-order valence-electron chi connectivity index (χ2n) is 4.44. The molecule has 0 spiro atoms. The molecule has 1 heterocycles. The van der Waals surface area contributed by atoms with Crippen molar-refractivity contribution in [3.8, 4) is 11.1 Å². The summed E-state index contributed by atoms with van der Waals surface area (Å²) < 4.78 is 1.56. The van der Waals surface area contributed by atoms with E-state index in [0.717, 1.165) is 21.7 Å². The highest BCUT2D eigenvalue weighted by atomic mass is 35.5. The van der Waals surface area contributed by atoms with Gasteiger partial charge < -0.3 is 0 Å². The van der Waals surface area contributed by atoms with Gasteiger partial charge in [0.15, 0.2) is 0 Å². The van der Waals surface area contributed by atoms with Crippen LogP contribution in [0, 0.1) is 0 Å². The predicted octanol–water partition coefficient (Wildman–Crippen LogP) is 4.79. The lowest BCUT2D eigenvalue weighted by Gasteiger charge is -2.04. The molecule has 3 aromatic rings. The molecule has 2 aromatic carbocycles. The molecule has 0 unspecified atom stereocenters. The zero-order chi connectivity index (χ0) is 14.7. The summed E-state index contributed by atoms with van der Waals surface area (Å²) in [5.74, 6) is 0. The molecule has 3 rings (SSSR count). The highest BCUT2D eigenvalue weighted by Crippen LogP contribution is 2.25. The third-order valence-corrected chi connectivity index (χ3v) is 3.59. The maximum atomic E-state index is 6.27. The number of hydrogen-bond acceptors (Lipinski definition) is 2. The smallest absolute Gasteiger partial charge is 0.138 e. The molecular formula is C16H11Cl2N3. The van der Waals surface area contributed by atoms with Crippen molar-refractivity contribution in [3.05, 3.63) is 71.8 Å². The van der Waals surface area contributed by atoms with Gasteiger partial charge >= 0.3 is 0 Å². The number of halogens is 2. The molecule has 0 aliphatic rings. The highest BCUT2D eigenvalue weighted by molar-refractivity contribution is 6.50. The Balaban J connectivity index is 1.85. The molecule has 21 heavy (non-hydrogen) atoms. The van der Waals surface area contributed by atoms with Gasteiger partial charge in [-0.1, -0.05) is 59.6 Å². The number of nitrogens with zero attached hydrogens (tertiary/aromatic N) is 3. The molecule has 0 bridgehead atoms. The molecule has 1 aromatic heterocycles. The minimum Gasteiger partial charge on any atom is -0.227 e. The second-order valence-corrected chi connectivity index (χ2v) is 5.28. The summed E-state index contributed by atoms with van der Waals surface area (Å²) in [6.07, 6.45) is 4.76. The summed E-state index contributed by atoms with van der Waals surface area (Å²) in [6.45, 7) is 0. The highest BCUT2D eigenvalue weighted by Gasteiger charge is 2.01. The first-order chi connectivity index (χ1) is 10.2. The lowest BCUT2D eigenvalue weighted by Crippen LogP contribution is -1.87. The van der Waals surface area contributed by atoms with Gasteiger partial charge in [-0.3, -0.25) is 0 Å². The van der Waals surface area contributed by atoms with Crippen LogP contribution in [-0.2, 0) is 0 Å². The molecule has 3 nitrogen and oxygen atoms in total. The van der Waals surface area contributed by atoms with Gasteiger partial charge in [-0.15, -0.1) is 0 Å². The minimum absolute atomic E-state index is 0.600. The number of aromatic nitrogens is 3. The average molecular weight is 316 g/mol. The van der Waals surface area contributed by atoms with E-state index in [-0.39, 0.29) is 0 Å². The zero-order valence-electron chi connectivity index (χ0n) is 10.9. The van der Waals surface area contributed by atoms with Gasteiger partial charge in [0, 0.05) is 11.2 Å². The monoisotopic (exact) mass is 315 g/mol. The number of rotatable bonds is 3. The first kappa shape index (κ1) is 13.9. The maximum absolute atomic E-state index is 6.27. The Kier molecular flexibility index (Phi) is 4.04. The molecule has 0 radical (unpaired) electrons. The van der Waals surface area contributed by atoms with Crippen LogP contribution in [0.25, 0.3) is 22.4 Å². The van der Waals surface area contributed by atoms with Crippen LogP contribution in [0.2, 0.25) is 5.02 Å². The van der Waals surface area contributed by atoms with Crippen molar-refractivity contribution in [2.45, 2.75) is 0 Å². The molecule has 104 valence electrons. The van der Waals surface area contributed by atoms with Crippen molar-refractivity contribution in [3.63, 3.8) is 0 Å². The summed E-state index contributed by atoms with van der Waals surface area (Å²) in [6, 6.07) is 15.7. The summed E-state index contributed by atoms with van der Waals surface area (Å²) in [4.78, 5) is 3.87. The van der Waals surface area contributed by atoms with Gasteiger partial charge in [-0.05, 0) is 28.8 Å². The van der Waals surface area contributed by atoms with E-state index in [0.29, 0.717) is 5.03 Å². The Bertz CT molecular complexity index is 745. The molecule has 0 atom stereocenters. The summed E-state index contributed by atoms with van der Waals surface area (Å²) in [7, 11) is 0. The minimum atomic E-state index is 0.600. The van der Waals surface area contributed by atoms with E-state index < -0.39 is 0 Å². The van der Waals surface area contributed by atoms with Crippen LogP contribution in [-0.4, -0.2) is 14.8 Å². The van der Waals surface area contributed by atoms with Crippen molar-refractivity contribution in [1.82, 2.24) is 14.8 Å². The van der Waals surface area contributed by atoms with Crippen molar-refractivity contribution < 1.29 is 0 Å². The van der Waals surface area contributed by atoms with E-state index >= 15 is 0 Å². The van der Waals surface area contributed by atoms with E-state index in [9.17, 15) is 0 Å². The van der Waals surface area contributed by atoms with Crippen molar-refractivity contribution >= 4 is 34.4 Å². The first-order valence-electron chi connectivity index (χ1n) is 6.30. The average Bonchev–Trinajstić information content (AvgIpc) is 3.01. The molecular weight excluding hydrogens is 305 g/mol. The lowest BCUT2D eigenvalue weighted by molar-refractivity contribution is 0.936. The zero-order valence-corrected chi connectivity index (χ0v) is 12.5. The molecule has 0 fully saturated rings. The van der Waals surface area contributed by atoms with Crippen LogP contribution >= 0.6 is 23.2 Å². The van der Waals surface area contributed by atoms with Gasteiger partial charge in [-0.2, -0.15) is 5.10 Å². The Labute approximate surface area is 132 Å². The van der Waals surface area contributed by atoms with Crippen LogP contribution in [0.4, 0.5) is 0 Å². The van der Waals surface area contributed by atoms with Gasteiger partial charge in [-0.25, -0.2) is 9.67 Å². The van der Waals surface area contributed by atoms with E-state index in [1.165, 1.54) is 6.33 Å². The van der Waals surface area contributed by atoms with E-state index in [2.05, 4.69) is 10.1 Å². The Morgan fingerprint density at radius 3 is 2.14 bits per heavy atom. The molecule has 0 N–H and O–H groups in total. The predicted molar refractivity (Wildman–Crippen MR) is 86.9 cm³/mol. The standard InChI is InChI=1S/C16H11Cl2N3/c17-15-7-5-13(6-8-15)12-1-3-14(4-2-12)16(18)9-21-11-19-10-20-21/h1-11H/b16-9-. The quantitative estimate of drug-likeness (QED) is 0.695. The molecule has 0 saturated carbocycles. The number of benzene rings is 2. The number of hydrogen-bond donors (Lipinski definition) is 0.